The number of ether oxygens (including phenoxy) is 2. The molecule has 1 fully saturated rings. The molecule has 5 heteroatoms. The van der Waals surface area contributed by atoms with E-state index in [2.05, 4.69) is 11.9 Å². The number of nitrogens with two attached hydrogens (primary N) is 1. The van der Waals surface area contributed by atoms with E-state index in [-0.39, 0.29) is 17.6 Å². The number of hydrogen-bond acceptors (Lipinski definition) is 5. The van der Waals surface area contributed by atoms with Crippen molar-refractivity contribution in [3.63, 3.8) is 0 Å². The van der Waals surface area contributed by atoms with E-state index >= 15 is 0 Å². The first-order chi connectivity index (χ1) is 8.74. The average Bonchev–Trinajstić information content (AvgIpc) is 3.06. The molecule has 19 heavy (non-hydrogen) atoms. The van der Waals surface area contributed by atoms with Crippen LogP contribution in [0.25, 0.3) is 0 Å². The van der Waals surface area contributed by atoms with Gasteiger partial charge in [0.05, 0.1) is 12.6 Å². The van der Waals surface area contributed by atoms with Gasteiger partial charge in [-0.2, -0.15) is 0 Å². The zero-order valence-electron chi connectivity index (χ0n) is 12.4. The fourth-order valence-corrected chi connectivity index (χ4v) is 1.93. The minimum absolute atomic E-state index is 0.172. The van der Waals surface area contributed by atoms with Crippen LogP contribution in [0, 0.1) is 5.92 Å². The minimum Gasteiger partial charge on any atom is -0.474 e. The Morgan fingerprint density at radius 3 is 2.47 bits per heavy atom. The summed E-state index contributed by atoms with van der Waals surface area (Å²) in [6.07, 6.45) is 2.13. The number of nitrogens with one attached hydrogen (secondary N) is 1. The second kappa shape index (κ2) is 6.28. The fourth-order valence-electron chi connectivity index (χ4n) is 1.93. The third-order valence-electron chi connectivity index (χ3n) is 2.83. The highest BCUT2D eigenvalue weighted by Gasteiger charge is 2.39. The lowest BCUT2D eigenvalue weighted by atomic mass is 10.0. The number of carbonyl (C=O) groups is 1. The van der Waals surface area contributed by atoms with Gasteiger partial charge in [0.1, 0.15) is 11.6 Å². The monoisotopic (exact) mass is 270 g/mol. The van der Waals surface area contributed by atoms with Crippen LogP contribution in [0.1, 0.15) is 40.5 Å². The third-order valence-corrected chi connectivity index (χ3v) is 2.83. The largest absolute Gasteiger partial charge is 0.474 e. The molecule has 0 aromatic rings. The van der Waals surface area contributed by atoms with Crippen LogP contribution in [-0.2, 0) is 14.3 Å². The summed E-state index contributed by atoms with van der Waals surface area (Å²) in [5, 5.41) is 3.13. The van der Waals surface area contributed by atoms with Gasteiger partial charge in [-0.05, 0) is 53.0 Å². The highest BCUT2D eigenvalue weighted by atomic mass is 16.5. The molecule has 2 atom stereocenters. The van der Waals surface area contributed by atoms with Crippen LogP contribution in [0.2, 0.25) is 0 Å². The molecule has 0 amide bonds. The summed E-state index contributed by atoms with van der Waals surface area (Å²) in [6, 6.07) is -0.860. The minimum atomic E-state index is -0.687. The molecule has 0 spiro atoms. The average molecular weight is 270 g/mol. The summed E-state index contributed by atoms with van der Waals surface area (Å²) in [7, 11) is 0. The van der Waals surface area contributed by atoms with Crippen molar-refractivity contribution in [3.05, 3.63) is 12.5 Å². The van der Waals surface area contributed by atoms with Crippen LogP contribution in [0.5, 0.6) is 0 Å². The van der Waals surface area contributed by atoms with Crippen molar-refractivity contribution in [3.8, 4) is 0 Å². The van der Waals surface area contributed by atoms with Gasteiger partial charge in [0, 0.05) is 0 Å². The lowest BCUT2D eigenvalue weighted by molar-refractivity contribution is -0.145. The Morgan fingerprint density at radius 1 is 1.47 bits per heavy atom. The molecule has 3 N–H and O–H groups in total. The number of rotatable bonds is 7. The molecule has 1 saturated carbocycles. The molecule has 0 aromatic heterocycles. The molecule has 0 aromatic carbocycles. The fraction of sp³-hybridized carbons (Fsp3) is 0.786. The molecule has 0 bridgehead atoms. The molecule has 1 aliphatic rings. The molecule has 1 rings (SSSR count). The lowest BCUT2D eigenvalue weighted by Gasteiger charge is -2.29. The van der Waals surface area contributed by atoms with Gasteiger partial charge in [0.2, 0.25) is 0 Å². The standard InChI is InChI=1S/C14H26N2O3/c1-6-18-13(17)11(15)12(10-7-8-10)16-9(2)19-14(3,4)5/h10-12,16H,2,6-8,15H2,1,3-5H3/t11-,12+/m0/s1. The summed E-state index contributed by atoms with van der Waals surface area (Å²) < 4.78 is 10.6. The molecule has 5 nitrogen and oxygen atoms in total. The van der Waals surface area contributed by atoms with E-state index in [1.807, 2.05) is 20.8 Å². The summed E-state index contributed by atoms with van der Waals surface area (Å²) in [5.74, 6) is 0.458. The smallest absolute Gasteiger partial charge is 0.325 e. The van der Waals surface area contributed by atoms with Crippen molar-refractivity contribution >= 4 is 5.97 Å². The predicted molar refractivity (Wildman–Crippen MR) is 74.2 cm³/mol. The van der Waals surface area contributed by atoms with Crippen molar-refractivity contribution in [2.24, 2.45) is 11.7 Å². The van der Waals surface area contributed by atoms with E-state index in [1.54, 1.807) is 6.92 Å². The van der Waals surface area contributed by atoms with Crippen molar-refractivity contribution in [2.45, 2.75) is 58.2 Å². The summed E-state index contributed by atoms with van der Waals surface area (Å²) in [6.45, 7) is 11.8. The first-order valence-corrected chi connectivity index (χ1v) is 6.81. The second-order valence-corrected chi connectivity index (χ2v) is 5.92. The molecule has 0 radical (unpaired) electrons. The van der Waals surface area contributed by atoms with Gasteiger partial charge >= 0.3 is 5.97 Å². The Balaban J connectivity index is 2.58. The van der Waals surface area contributed by atoms with Crippen LogP contribution in [0.3, 0.4) is 0 Å². The van der Waals surface area contributed by atoms with Gasteiger partial charge in [0.25, 0.3) is 0 Å². The van der Waals surface area contributed by atoms with E-state index in [0.29, 0.717) is 18.4 Å². The lowest BCUT2D eigenvalue weighted by Crippen LogP contribution is -2.52. The molecule has 110 valence electrons. The summed E-state index contributed by atoms with van der Waals surface area (Å²) >= 11 is 0. The van der Waals surface area contributed by atoms with Gasteiger partial charge in [-0.25, -0.2) is 0 Å². The Bertz CT molecular complexity index is 332. The normalized spacial score (nSPS) is 18.4. The highest BCUT2D eigenvalue weighted by molar-refractivity contribution is 5.76. The van der Waals surface area contributed by atoms with E-state index in [9.17, 15) is 4.79 Å². The van der Waals surface area contributed by atoms with Gasteiger partial charge in [0.15, 0.2) is 5.88 Å². The predicted octanol–water partition coefficient (Wildman–Crippen LogP) is 1.53. The quantitative estimate of drug-likeness (QED) is 0.542. The molecule has 0 unspecified atom stereocenters. The zero-order valence-corrected chi connectivity index (χ0v) is 12.4. The highest BCUT2D eigenvalue weighted by Crippen LogP contribution is 2.34. The Morgan fingerprint density at radius 2 is 2.05 bits per heavy atom. The van der Waals surface area contributed by atoms with Crippen LogP contribution in [-0.4, -0.2) is 30.3 Å². The van der Waals surface area contributed by atoms with Gasteiger partial charge in [-0.3, -0.25) is 4.79 Å². The summed E-state index contributed by atoms with van der Waals surface area (Å²) in [5.41, 5.74) is 5.64. The van der Waals surface area contributed by atoms with Crippen molar-refractivity contribution in [1.82, 2.24) is 5.32 Å². The van der Waals surface area contributed by atoms with Crippen molar-refractivity contribution < 1.29 is 14.3 Å². The first-order valence-electron chi connectivity index (χ1n) is 6.81. The first kappa shape index (κ1) is 15.8. The van der Waals surface area contributed by atoms with Crippen LogP contribution < -0.4 is 11.1 Å². The van der Waals surface area contributed by atoms with Gasteiger partial charge < -0.3 is 20.5 Å². The Hall–Kier alpha value is -1.23. The SMILES string of the molecule is C=C(N[C@H](C1CC1)[C@H](N)C(=O)OCC)OC(C)(C)C. The van der Waals surface area contributed by atoms with Crippen molar-refractivity contribution in [1.29, 1.82) is 0 Å². The van der Waals surface area contributed by atoms with Crippen LogP contribution in [0.15, 0.2) is 12.5 Å². The van der Waals surface area contributed by atoms with Gasteiger partial charge in [-0.1, -0.05) is 0 Å². The maximum absolute atomic E-state index is 11.7. The number of hydrogen-bond donors (Lipinski definition) is 2. The molecule has 0 aliphatic heterocycles. The maximum atomic E-state index is 11.7. The van der Waals surface area contributed by atoms with Crippen molar-refractivity contribution in [2.75, 3.05) is 6.61 Å². The number of carbonyl (C=O) groups excluding carboxylic acids is 1. The van der Waals surface area contributed by atoms with E-state index < -0.39 is 6.04 Å². The van der Waals surface area contributed by atoms with E-state index in [0.717, 1.165) is 12.8 Å². The van der Waals surface area contributed by atoms with Crippen LogP contribution >= 0.6 is 0 Å². The number of esters is 1. The Kier molecular flexibility index (Phi) is 5.23. The van der Waals surface area contributed by atoms with Gasteiger partial charge in [-0.15, -0.1) is 0 Å². The molecule has 0 heterocycles. The second-order valence-electron chi connectivity index (χ2n) is 5.92. The third kappa shape index (κ3) is 5.51. The molecule has 0 saturated heterocycles. The Labute approximate surface area is 115 Å². The molecular weight excluding hydrogens is 244 g/mol. The van der Waals surface area contributed by atoms with E-state index in [4.69, 9.17) is 15.2 Å². The zero-order chi connectivity index (χ0) is 14.6. The van der Waals surface area contributed by atoms with E-state index in [1.165, 1.54) is 0 Å². The summed E-state index contributed by atoms with van der Waals surface area (Å²) in [4.78, 5) is 11.7. The topological polar surface area (TPSA) is 73.6 Å². The molecular formula is C14H26N2O3. The molecule has 1 aliphatic carbocycles. The maximum Gasteiger partial charge on any atom is 0.325 e. The van der Waals surface area contributed by atoms with Crippen LogP contribution in [0.4, 0.5) is 0 Å².